The fraction of sp³-hybridized carbons (Fsp3) is 0.348. The minimum atomic E-state index is 0.506. The first kappa shape index (κ1) is 18.7. The summed E-state index contributed by atoms with van der Waals surface area (Å²) in [5.41, 5.74) is 2.55. The highest BCUT2D eigenvalue weighted by Gasteiger charge is 2.20. The minimum Gasteiger partial charge on any atom is -0.497 e. The van der Waals surface area contributed by atoms with E-state index in [4.69, 9.17) is 4.74 Å². The number of methoxy groups -OCH3 is 1. The van der Waals surface area contributed by atoms with Crippen molar-refractivity contribution in [2.24, 2.45) is 0 Å². The number of rotatable bonds is 7. The van der Waals surface area contributed by atoms with E-state index in [1.165, 1.54) is 24.1 Å². The molecule has 0 aliphatic carbocycles. The van der Waals surface area contributed by atoms with Gasteiger partial charge in [-0.1, -0.05) is 18.2 Å². The van der Waals surface area contributed by atoms with E-state index in [9.17, 15) is 0 Å². The summed E-state index contributed by atoms with van der Waals surface area (Å²) in [6.45, 7) is 4.04. The number of piperidine rings is 1. The molecule has 0 saturated carbocycles. The molecule has 5 nitrogen and oxygen atoms in total. The van der Waals surface area contributed by atoms with Gasteiger partial charge in [-0.3, -0.25) is 4.90 Å². The van der Waals surface area contributed by atoms with Crippen LogP contribution in [0, 0.1) is 0 Å². The number of hydrogen-bond acceptors (Lipinski definition) is 4. The normalized spacial score (nSPS) is 17.5. The molecule has 1 fully saturated rings. The first-order chi connectivity index (χ1) is 13.8. The van der Waals surface area contributed by atoms with E-state index in [1.54, 1.807) is 7.11 Å². The van der Waals surface area contributed by atoms with Crippen LogP contribution in [0.3, 0.4) is 0 Å². The lowest BCUT2D eigenvalue weighted by molar-refractivity contribution is 0.182. The average molecular weight is 377 g/mol. The largest absolute Gasteiger partial charge is 0.497 e. The van der Waals surface area contributed by atoms with Crippen LogP contribution in [0.15, 0.2) is 67.0 Å². The Balaban J connectivity index is 1.34. The topological polar surface area (TPSA) is 42.3 Å². The lowest BCUT2D eigenvalue weighted by atomic mass is 10.0. The molecule has 1 aliphatic rings. The average Bonchev–Trinajstić information content (AvgIpc) is 3.22. The number of aromatic nitrogens is 2. The second-order valence-corrected chi connectivity index (χ2v) is 7.36. The SMILES string of the molecule is COc1cccc(CN2CCC[C@H](NCc3cccn3-c3ccccn3)C2)c1. The molecule has 0 spiro atoms. The Kier molecular flexibility index (Phi) is 6.04. The maximum Gasteiger partial charge on any atom is 0.136 e. The summed E-state index contributed by atoms with van der Waals surface area (Å²) in [5.74, 6) is 1.90. The van der Waals surface area contributed by atoms with Crippen LogP contribution in [0.5, 0.6) is 5.75 Å². The number of likely N-dealkylation sites (tertiary alicyclic amines) is 1. The fourth-order valence-electron chi connectivity index (χ4n) is 3.92. The van der Waals surface area contributed by atoms with Crippen molar-refractivity contribution in [3.05, 3.63) is 78.2 Å². The second-order valence-electron chi connectivity index (χ2n) is 7.36. The van der Waals surface area contributed by atoms with Gasteiger partial charge in [0.15, 0.2) is 0 Å². The lowest BCUT2D eigenvalue weighted by Gasteiger charge is -2.33. The molecule has 0 amide bonds. The molecule has 0 radical (unpaired) electrons. The molecule has 1 N–H and O–H groups in total. The highest BCUT2D eigenvalue weighted by Crippen LogP contribution is 2.18. The van der Waals surface area contributed by atoms with Gasteiger partial charge >= 0.3 is 0 Å². The molecule has 0 unspecified atom stereocenters. The van der Waals surface area contributed by atoms with Crippen molar-refractivity contribution in [1.82, 2.24) is 19.8 Å². The molecule has 4 rings (SSSR count). The highest BCUT2D eigenvalue weighted by atomic mass is 16.5. The van der Waals surface area contributed by atoms with Crippen LogP contribution in [-0.2, 0) is 13.1 Å². The van der Waals surface area contributed by atoms with Crippen molar-refractivity contribution in [1.29, 1.82) is 0 Å². The van der Waals surface area contributed by atoms with E-state index in [0.29, 0.717) is 6.04 Å². The molecular formula is C23H28N4O. The van der Waals surface area contributed by atoms with E-state index < -0.39 is 0 Å². The molecule has 0 bridgehead atoms. The van der Waals surface area contributed by atoms with Gasteiger partial charge in [0.05, 0.1) is 7.11 Å². The van der Waals surface area contributed by atoms with Crippen LogP contribution in [0.4, 0.5) is 0 Å². The van der Waals surface area contributed by atoms with Crippen LogP contribution in [-0.4, -0.2) is 40.7 Å². The Morgan fingerprint density at radius 3 is 2.96 bits per heavy atom. The summed E-state index contributed by atoms with van der Waals surface area (Å²) >= 11 is 0. The third-order valence-electron chi connectivity index (χ3n) is 5.35. The standard InChI is InChI=1S/C23H28N4O/c1-28-22-10-4-7-19(15-22)17-26-13-5-8-20(18-26)25-16-21-9-6-14-27(21)23-11-2-3-12-24-23/h2-4,6-7,9-12,14-15,20,25H,5,8,13,16-18H2,1H3/t20-/m0/s1. The minimum absolute atomic E-state index is 0.506. The van der Waals surface area contributed by atoms with Gasteiger partial charge in [0, 0.05) is 43.8 Å². The molecule has 1 atom stereocenters. The zero-order valence-corrected chi connectivity index (χ0v) is 16.4. The number of ether oxygens (including phenoxy) is 1. The Hall–Kier alpha value is -2.63. The van der Waals surface area contributed by atoms with Gasteiger partial charge in [0.1, 0.15) is 11.6 Å². The van der Waals surface area contributed by atoms with Crippen molar-refractivity contribution in [2.45, 2.75) is 32.0 Å². The second kappa shape index (κ2) is 9.04. The van der Waals surface area contributed by atoms with Crippen LogP contribution in [0.1, 0.15) is 24.1 Å². The van der Waals surface area contributed by atoms with Gasteiger partial charge in [-0.2, -0.15) is 0 Å². The van der Waals surface area contributed by atoms with E-state index >= 15 is 0 Å². The lowest BCUT2D eigenvalue weighted by Crippen LogP contribution is -2.45. The molecule has 5 heteroatoms. The molecule has 1 aromatic carbocycles. The summed E-state index contributed by atoms with van der Waals surface area (Å²) in [6, 6.07) is 19.2. The Bertz CT molecular complexity index is 877. The van der Waals surface area contributed by atoms with Crippen molar-refractivity contribution in [3.63, 3.8) is 0 Å². The molecular weight excluding hydrogens is 348 g/mol. The van der Waals surface area contributed by atoms with Crippen LogP contribution in [0.2, 0.25) is 0 Å². The van der Waals surface area contributed by atoms with Crippen LogP contribution >= 0.6 is 0 Å². The zero-order valence-electron chi connectivity index (χ0n) is 16.4. The van der Waals surface area contributed by atoms with Gasteiger partial charge in [0.25, 0.3) is 0 Å². The number of pyridine rings is 1. The number of benzene rings is 1. The van der Waals surface area contributed by atoms with Crippen molar-refractivity contribution < 1.29 is 4.74 Å². The summed E-state index contributed by atoms with van der Waals surface area (Å²) in [4.78, 5) is 7.00. The summed E-state index contributed by atoms with van der Waals surface area (Å²) < 4.78 is 7.51. The Morgan fingerprint density at radius 2 is 2.11 bits per heavy atom. The zero-order chi connectivity index (χ0) is 19.2. The highest BCUT2D eigenvalue weighted by molar-refractivity contribution is 5.29. The van der Waals surface area contributed by atoms with Crippen LogP contribution in [0.25, 0.3) is 5.82 Å². The first-order valence-corrected chi connectivity index (χ1v) is 9.98. The van der Waals surface area contributed by atoms with Gasteiger partial charge < -0.3 is 14.6 Å². The third-order valence-corrected chi connectivity index (χ3v) is 5.35. The summed E-state index contributed by atoms with van der Waals surface area (Å²) in [7, 11) is 1.72. The smallest absolute Gasteiger partial charge is 0.136 e. The third kappa shape index (κ3) is 4.61. The molecule has 3 heterocycles. The maximum absolute atomic E-state index is 5.35. The van der Waals surface area contributed by atoms with E-state index in [1.807, 2.05) is 30.5 Å². The van der Waals surface area contributed by atoms with Crippen molar-refractivity contribution >= 4 is 0 Å². The van der Waals surface area contributed by atoms with E-state index in [-0.39, 0.29) is 0 Å². The molecule has 28 heavy (non-hydrogen) atoms. The molecule has 146 valence electrons. The van der Waals surface area contributed by atoms with Crippen molar-refractivity contribution in [2.75, 3.05) is 20.2 Å². The summed E-state index contributed by atoms with van der Waals surface area (Å²) in [6.07, 6.45) is 6.36. The van der Waals surface area contributed by atoms with Gasteiger partial charge in [-0.05, 0) is 61.3 Å². The number of hydrogen-bond donors (Lipinski definition) is 1. The first-order valence-electron chi connectivity index (χ1n) is 9.98. The van der Waals surface area contributed by atoms with Gasteiger partial charge in [0.2, 0.25) is 0 Å². The van der Waals surface area contributed by atoms with Crippen LogP contribution < -0.4 is 10.1 Å². The van der Waals surface area contributed by atoms with Gasteiger partial charge in [-0.15, -0.1) is 0 Å². The monoisotopic (exact) mass is 376 g/mol. The number of nitrogens with one attached hydrogen (secondary N) is 1. The molecule has 2 aromatic heterocycles. The maximum atomic E-state index is 5.35. The Labute approximate surface area is 167 Å². The Morgan fingerprint density at radius 1 is 1.14 bits per heavy atom. The van der Waals surface area contributed by atoms with Crippen molar-refractivity contribution in [3.8, 4) is 11.6 Å². The summed E-state index contributed by atoms with van der Waals surface area (Å²) in [5, 5.41) is 3.76. The predicted octanol–water partition coefficient (Wildman–Crippen LogP) is 3.64. The quantitative estimate of drug-likeness (QED) is 0.684. The molecule has 1 saturated heterocycles. The molecule has 3 aromatic rings. The fourth-order valence-corrected chi connectivity index (χ4v) is 3.92. The van der Waals surface area contributed by atoms with E-state index in [2.05, 4.69) is 56.3 Å². The van der Waals surface area contributed by atoms with E-state index in [0.717, 1.165) is 37.7 Å². The van der Waals surface area contributed by atoms with Gasteiger partial charge in [-0.25, -0.2) is 4.98 Å². The predicted molar refractivity (Wildman–Crippen MR) is 112 cm³/mol. The number of nitrogens with zero attached hydrogens (tertiary/aromatic N) is 3. The molecule has 1 aliphatic heterocycles.